The topological polar surface area (TPSA) is 107 Å². The lowest BCUT2D eigenvalue weighted by Crippen LogP contribution is -2.17. The van der Waals surface area contributed by atoms with Crippen LogP contribution in [-0.2, 0) is 0 Å². The van der Waals surface area contributed by atoms with Crippen molar-refractivity contribution in [3.63, 3.8) is 0 Å². The van der Waals surface area contributed by atoms with Crippen LogP contribution >= 0.6 is 0 Å². The second kappa shape index (κ2) is 9.18. The minimum Gasteiger partial charge on any atom is -0.497 e. The Morgan fingerprint density at radius 3 is 2.46 bits per heavy atom. The highest BCUT2D eigenvalue weighted by Gasteiger charge is 2.24. The molecule has 0 aliphatic rings. The number of rotatable bonds is 6. The molecule has 2 amide bonds. The number of aryl methyl sites for hydroxylation is 1. The number of fused-ring (bicyclic) bond motifs is 1. The van der Waals surface area contributed by atoms with E-state index in [4.69, 9.17) is 13.7 Å². The number of nitrogens with one attached hydrogen (secondary N) is 2. The fourth-order valence-electron chi connectivity index (χ4n) is 3.69. The molecule has 3 aromatic carbocycles. The first-order valence-electron chi connectivity index (χ1n) is 10.8. The zero-order valence-electron chi connectivity index (χ0n) is 19.0. The molecular formula is C27H21N3O5. The molecule has 0 spiro atoms. The Kier molecular flexibility index (Phi) is 5.76. The molecule has 0 saturated heterocycles. The molecular weight excluding hydrogens is 446 g/mol. The number of amides is 2. The van der Waals surface area contributed by atoms with Gasteiger partial charge in [0, 0.05) is 22.7 Å². The molecule has 2 aromatic heterocycles. The number of nitrogens with zero attached hydrogens (tertiary/aromatic N) is 1. The van der Waals surface area contributed by atoms with Crippen molar-refractivity contribution in [1.82, 2.24) is 5.16 Å². The van der Waals surface area contributed by atoms with Gasteiger partial charge in [0.1, 0.15) is 17.0 Å². The van der Waals surface area contributed by atoms with Gasteiger partial charge in [0.15, 0.2) is 11.5 Å². The number of aromatic nitrogens is 1. The summed E-state index contributed by atoms with van der Waals surface area (Å²) in [5.74, 6) is 0.0904. The minimum atomic E-state index is -0.537. The molecule has 174 valence electrons. The molecule has 0 atom stereocenters. The quantitative estimate of drug-likeness (QED) is 0.322. The maximum atomic E-state index is 13.1. The standard InChI is InChI=1S/C27H21N3O5/c1-16-6-5-7-18(14-16)28-27(32)25-24(20-8-3-4-9-22(20)34-25)29-26(31)21-15-23(35-30-21)17-10-12-19(33-2)13-11-17/h3-15H,1-2H3,(H,28,32)(H,29,31). The lowest BCUT2D eigenvalue weighted by molar-refractivity contribution is 0.0999. The van der Waals surface area contributed by atoms with E-state index in [1.807, 2.05) is 25.1 Å². The van der Waals surface area contributed by atoms with Crippen LogP contribution in [0.5, 0.6) is 5.75 Å². The molecule has 2 heterocycles. The van der Waals surface area contributed by atoms with E-state index in [9.17, 15) is 9.59 Å². The first-order chi connectivity index (χ1) is 17.0. The van der Waals surface area contributed by atoms with E-state index in [1.165, 1.54) is 6.07 Å². The first-order valence-corrected chi connectivity index (χ1v) is 10.8. The van der Waals surface area contributed by atoms with E-state index in [0.29, 0.717) is 28.2 Å². The van der Waals surface area contributed by atoms with Crippen LogP contribution in [0.1, 0.15) is 26.6 Å². The number of para-hydroxylation sites is 1. The van der Waals surface area contributed by atoms with Crippen LogP contribution in [-0.4, -0.2) is 24.1 Å². The largest absolute Gasteiger partial charge is 0.497 e. The maximum absolute atomic E-state index is 13.1. The van der Waals surface area contributed by atoms with Crippen LogP contribution in [0.4, 0.5) is 11.4 Å². The summed E-state index contributed by atoms with van der Waals surface area (Å²) in [7, 11) is 1.58. The summed E-state index contributed by atoms with van der Waals surface area (Å²) in [6.45, 7) is 1.93. The molecule has 0 fully saturated rings. The Labute approximate surface area is 200 Å². The summed E-state index contributed by atoms with van der Waals surface area (Å²) < 4.78 is 16.3. The van der Waals surface area contributed by atoms with Gasteiger partial charge in [0.2, 0.25) is 5.76 Å². The van der Waals surface area contributed by atoms with Gasteiger partial charge in [0.05, 0.1) is 7.11 Å². The molecule has 0 aliphatic heterocycles. The predicted molar refractivity (Wildman–Crippen MR) is 132 cm³/mol. The van der Waals surface area contributed by atoms with Gasteiger partial charge in [-0.25, -0.2) is 0 Å². The number of hydrogen-bond acceptors (Lipinski definition) is 6. The maximum Gasteiger partial charge on any atom is 0.293 e. The summed E-state index contributed by atoms with van der Waals surface area (Å²) in [6.07, 6.45) is 0. The van der Waals surface area contributed by atoms with E-state index in [1.54, 1.807) is 61.7 Å². The predicted octanol–water partition coefficient (Wildman–Crippen LogP) is 5.91. The molecule has 0 unspecified atom stereocenters. The average Bonchev–Trinajstić information content (AvgIpc) is 3.50. The average molecular weight is 467 g/mol. The molecule has 8 heteroatoms. The van der Waals surface area contributed by atoms with Gasteiger partial charge < -0.3 is 24.3 Å². The van der Waals surface area contributed by atoms with Crippen molar-refractivity contribution in [3.05, 3.63) is 95.9 Å². The summed E-state index contributed by atoms with van der Waals surface area (Å²) in [4.78, 5) is 26.1. The van der Waals surface area contributed by atoms with Crippen molar-refractivity contribution in [2.24, 2.45) is 0 Å². The van der Waals surface area contributed by atoms with Crippen LogP contribution in [0.3, 0.4) is 0 Å². The smallest absolute Gasteiger partial charge is 0.293 e. The van der Waals surface area contributed by atoms with Gasteiger partial charge in [0.25, 0.3) is 11.8 Å². The molecule has 35 heavy (non-hydrogen) atoms. The minimum absolute atomic E-state index is 0.0140. The van der Waals surface area contributed by atoms with E-state index >= 15 is 0 Å². The number of methoxy groups -OCH3 is 1. The van der Waals surface area contributed by atoms with Gasteiger partial charge in [-0.3, -0.25) is 9.59 Å². The van der Waals surface area contributed by atoms with E-state index in [0.717, 1.165) is 11.1 Å². The normalized spacial score (nSPS) is 10.8. The van der Waals surface area contributed by atoms with Crippen molar-refractivity contribution in [2.45, 2.75) is 6.92 Å². The van der Waals surface area contributed by atoms with Crippen LogP contribution < -0.4 is 15.4 Å². The fourth-order valence-corrected chi connectivity index (χ4v) is 3.69. The van der Waals surface area contributed by atoms with Gasteiger partial charge >= 0.3 is 0 Å². The number of hydrogen-bond donors (Lipinski definition) is 2. The molecule has 2 N–H and O–H groups in total. The number of ether oxygens (including phenoxy) is 1. The van der Waals surface area contributed by atoms with Gasteiger partial charge in [-0.2, -0.15) is 0 Å². The van der Waals surface area contributed by atoms with E-state index < -0.39 is 11.8 Å². The number of anilines is 2. The molecule has 5 aromatic rings. The first kappa shape index (κ1) is 22.0. The lowest BCUT2D eigenvalue weighted by atomic mass is 10.1. The zero-order valence-corrected chi connectivity index (χ0v) is 19.0. The highest BCUT2D eigenvalue weighted by Crippen LogP contribution is 2.32. The van der Waals surface area contributed by atoms with Crippen LogP contribution in [0.2, 0.25) is 0 Å². The highest BCUT2D eigenvalue weighted by atomic mass is 16.5. The molecule has 8 nitrogen and oxygen atoms in total. The van der Waals surface area contributed by atoms with Crippen molar-refractivity contribution >= 4 is 34.2 Å². The third-order valence-electron chi connectivity index (χ3n) is 5.43. The summed E-state index contributed by atoms with van der Waals surface area (Å²) in [6, 6.07) is 23.2. The van der Waals surface area contributed by atoms with E-state index in [-0.39, 0.29) is 17.1 Å². The summed E-state index contributed by atoms with van der Waals surface area (Å²) in [5, 5.41) is 10.1. The Morgan fingerprint density at radius 1 is 0.886 bits per heavy atom. The summed E-state index contributed by atoms with van der Waals surface area (Å²) >= 11 is 0. The van der Waals surface area contributed by atoms with Gasteiger partial charge in [-0.15, -0.1) is 0 Å². The van der Waals surface area contributed by atoms with Crippen molar-refractivity contribution in [2.75, 3.05) is 17.7 Å². The van der Waals surface area contributed by atoms with Gasteiger partial charge in [-0.1, -0.05) is 29.4 Å². The van der Waals surface area contributed by atoms with Crippen LogP contribution in [0, 0.1) is 6.92 Å². The highest BCUT2D eigenvalue weighted by molar-refractivity contribution is 6.16. The monoisotopic (exact) mass is 467 g/mol. The Balaban J connectivity index is 1.43. The van der Waals surface area contributed by atoms with E-state index in [2.05, 4.69) is 15.8 Å². The second-order valence-corrected chi connectivity index (χ2v) is 7.88. The van der Waals surface area contributed by atoms with Crippen LogP contribution in [0.25, 0.3) is 22.3 Å². The number of carbonyl (C=O) groups excluding carboxylic acids is 2. The number of carbonyl (C=O) groups is 2. The molecule has 0 aliphatic carbocycles. The molecule has 0 radical (unpaired) electrons. The van der Waals surface area contributed by atoms with Crippen molar-refractivity contribution in [3.8, 4) is 17.1 Å². The number of benzene rings is 3. The molecule has 5 rings (SSSR count). The van der Waals surface area contributed by atoms with Crippen molar-refractivity contribution < 1.29 is 23.3 Å². The third kappa shape index (κ3) is 4.49. The Hall–Kier alpha value is -4.85. The van der Waals surface area contributed by atoms with Crippen LogP contribution in [0.15, 0.2) is 87.8 Å². The SMILES string of the molecule is COc1ccc(-c2cc(C(=O)Nc3c(C(=O)Nc4cccc(C)c4)oc4ccccc34)no2)cc1. The Bertz CT molecular complexity index is 1530. The van der Waals surface area contributed by atoms with Gasteiger partial charge in [-0.05, 0) is 61.0 Å². The zero-order chi connectivity index (χ0) is 24.4. The molecule has 0 saturated carbocycles. The Morgan fingerprint density at radius 2 is 1.69 bits per heavy atom. The summed E-state index contributed by atoms with van der Waals surface area (Å²) in [5.41, 5.74) is 3.14. The fraction of sp³-hybridized carbons (Fsp3) is 0.0741. The number of furan rings is 1. The molecule has 0 bridgehead atoms. The van der Waals surface area contributed by atoms with Crippen molar-refractivity contribution in [1.29, 1.82) is 0 Å². The third-order valence-corrected chi connectivity index (χ3v) is 5.43. The lowest BCUT2D eigenvalue weighted by Gasteiger charge is -2.07. The second-order valence-electron chi connectivity index (χ2n) is 7.88.